The molecule has 0 amide bonds. The molecular formula is C25H24Cl2N2O4. The predicted molar refractivity (Wildman–Crippen MR) is 125 cm³/mol. The van der Waals surface area contributed by atoms with Crippen LogP contribution in [0.3, 0.4) is 0 Å². The molecule has 0 heterocycles. The number of alkyl halides is 2. The van der Waals surface area contributed by atoms with Crippen molar-refractivity contribution in [2.24, 2.45) is 28.3 Å². The van der Waals surface area contributed by atoms with Gasteiger partial charge in [0.2, 0.25) is 6.10 Å². The van der Waals surface area contributed by atoms with Crippen molar-refractivity contribution in [3.8, 4) is 17.6 Å². The van der Waals surface area contributed by atoms with Gasteiger partial charge in [0.1, 0.15) is 28.5 Å². The molecule has 2 unspecified atom stereocenters. The highest BCUT2D eigenvalue weighted by molar-refractivity contribution is 6.50. The second-order valence-electron chi connectivity index (χ2n) is 8.97. The fourth-order valence-corrected chi connectivity index (χ4v) is 4.32. The molecule has 0 saturated heterocycles. The van der Waals surface area contributed by atoms with Crippen LogP contribution in [-0.4, -0.2) is 23.1 Å². The summed E-state index contributed by atoms with van der Waals surface area (Å²) in [5, 5.41) is 13.6. The monoisotopic (exact) mass is 486 g/mol. The van der Waals surface area contributed by atoms with E-state index in [0.717, 1.165) is 0 Å². The molecule has 4 rings (SSSR count). The van der Waals surface area contributed by atoms with Crippen LogP contribution in [0.1, 0.15) is 31.9 Å². The average Bonchev–Trinajstić information content (AvgIpc) is 3.59. The minimum atomic E-state index is -1.04. The summed E-state index contributed by atoms with van der Waals surface area (Å²) >= 11 is 11.9. The van der Waals surface area contributed by atoms with Crippen LogP contribution in [0.15, 0.2) is 59.8 Å². The lowest BCUT2D eigenvalue weighted by molar-refractivity contribution is -0.149. The summed E-state index contributed by atoms with van der Waals surface area (Å²) in [6, 6.07) is 18.3. The first kappa shape index (κ1) is 23.4. The smallest absolute Gasteiger partial charge is 0.311 e. The molecule has 2 aliphatic rings. The van der Waals surface area contributed by atoms with Crippen molar-refractivity contribution in [1.29, 1.82) is 5.26 Å². The molecule has 8 heteroatoms. The summed E-state index contributed by atoms with van der Waals surface area (Å²) in [5.74, 6) is 0.300. The number of ether oxygens (including phenoxy) is 2. The Bertz CT molecular complexity index is 1080. The minimum Gasteiger partial charge on any atom is -0.457 e. The zero-order chi connectivity index (χ0) is 23.6. The molecule has 2 fully saturated rings. The maximum Gasteiger partial charge on any atom is 0.311 e. The number of rotatable bonds is 9. The number of esters is 1. The molecule has 0 bridgehead atoms. The molecule has 0 radical (unpaired) electrons. The Kier molecular flexibility index (Phi) is 6.56. The van der Waals surface area contributed by atoms with Gasteiger partial charge in [-0.25, -0.2) is 0 Å². The van der Waals surface area contributed by atoms with E-state index >= 15 is 0 Å². The number of benzene rings is 2. The van der Waals surface area contributed by atoms with E-state index in [-0.39, 0.29) is 17.3 Å². The van der Waals surface area contributed by atoms with E-state index in [2.05, 4.69) is 11.2 Å². The Hall–Kier alpha value is -2.75. The molecule has 0 spiro atoms. The third-order valence-electron chi connectivity index (χ3n) is 6.18. The topological polar surface area (TPSA) is 80.9 Å². The van der Waals surface area contributed by atoms with E-state index in [1.807, 2.05) is 44.2 Å². The van der Waals surface area contributed by atoms with Crippen LogP contribution < -0.4 is 4.74 Å². The highest BCUT2D eigenvalue weighted by Gasteiger charge is 2.62. The third-order valence-corrected chi connectivity index (χ3v) is 7.11. The Labute approximate surface area is 203 Å². The predicted octanol–water partition coefficient (Wildman–Crippen LogP) is 6.06. The maximum atomic E-state index is 12.8. The minimum absolute atomic E-state index is 0.0731. The van der Waals surface area contributed by atoms with Crippen molar-refractivity contribution in [3.63, 3.8) is 0 Å². The largest absolute Gasteiger partial charge is 0.457 e. The molecule has 0 aliphatic heterocycles. The van der Waals surface area contributed by atoms with Crippen LogP contribution in [0.25, 0.3) is 0 Å². The Balaban J connectivity index is 1.35. The summed E-state index contributed by atoms with van der Waals surface area (Å²) in [7, 11) is 0. The number of hydrogen-bond acceptors (Lipinski definition) is 6. The molecule has 2 aromatic carbocycles. The van der Waals surface area contributed by atoms with Crippen molar-refractivity contribution in [2.75, 3.05) is 6.61 Å². The van der Waals surface area contributed by atoms with Crippen molar-refractivity contribution in [1.82, 2.24) is 0 Å². The van der Waals surface area contributed by atoms with Crippen molar-refractivity contribution in [2.45, 2.75) is 30.7 Å². The number of halogens is 2. The van der Waals surface area contributed by atoms with Crippen molar-refractivity contribution in [3.05, 3.63) is 60.2 Å². The van der Waals surface area contributed by atoms with Gasteiger partial charge in [-0.3, -0.25) is 4.79 Å². The summed E-state index contributed by atoms with van der Waals surface area (Å²) in [4.78, 5) is 18.1. The summed E-state index contributed by atoms with van der Waals surface area (Å²) in [6.45, 7) is 4.24. The second kappa shape index (κ2) is 9.24. The fraction of sp³-hybridized carbons (Fsp3) is 0.400. The normalized spacial score (nSPS) is 25.0. The fourth-order valence-electron chi connectivity index (χ4n) is 3.82. The number of carbonyl (C=O) groups is 1. The van der Waals surface area contributed by atoms with Crippen LogP contribution >= 0.6 is 23.2 Å². The van der Waals surface area contributed by atoms with E-state index in [4.69, 9.17) is 37.5 Å². The summed E-state index contributed by atoms with van der Waals surface area (Å²) < 4.78 is 10.7. The third kappa shape index (κ3) is 5.43. The first-order chi connectivity index (χ1) is 15.7. The van der Waals surface area contributed by atoms with Crippen LogP contribution in [0.2, 0.25) is 0 Å². The molecule has 0 N–H and O–H groups in total. The number of para-hydroxylation sites is 1. The van der Waals surface area contributed by atoms with Crippen LogP contribution in [0.5, 0.6) is 11.5 Å². The van der Waals surface area contributed by atoms with Crippen molar-refractivity contribution < 1.29 is 19.1 Å². The lowest BCUT2D eigenvalue weighted by atomic mass is 10.1. The standard InChI is InChI=1S/C25H24Cl2N2O4/c1-24(2)20(14-29-31-15-17-12-25(17,26)27)22(24)23(30)33-21(13-28)16-7-6-10-19(11-16)32-18-8-4-3-5-9-18/h3-11,14,17,20-22H,12,15H2,1-2H3/t17?,20-,21?,22-/m0/s1. The quantitative estimate of drug-likeness (QED) is 0.186. The van der Waals surface area contributed by atoms with Gasteiger partial charge in [-0.15, -0.1) is 23.2 Å². The summed E-state index contributed by atoms with van der Waals surface area (Å²) in [6.07, 6.45) is 1.26. The lowest BCUT2D eigenvalue weighted by Crippen LogP contribution is -2.14. The Morgan fingerprint density at radius 3 is 2.58 bits per heavy atom. The number of carbonyl (C=O) groups excluding carboxylic acids is 1. The molecule has 6 nitrogen and oxygen atoms in total. The van der Waals surface area contributed by atoms with E-state index in [1.54, 1.807) is 30.5 Å². The van der Waals surface area contributed by atoms with Crippen molar-refractivity contribution >= 4 is 35.4 Å². The highest BCUT2D eigenvalue weighted by Crippen LogP contribution is 2.58. The van der Waals surface area contributed by atoms with Gasteiger partial charge in [-0.05, 0) is 36.1 Å². The van der Waals surface area contributed by atoms with Crippen LogP contribution in [0.4, 0.5) is 0 Å². The molecular weight excluding hydrogens is 463 g/mol. The molecule has 172 valence electrons. The summed E-state index contributed by atoms with van der Waals surface area (Å²) in [5.41, 5.74) is 0.200. The highest BCUT2D eigenvalue weighted by atomic mass is 35.5. The first-order valence-corrected chi connectivity index (χ1v) is 11.4. The number of hydrogen-bond donors (Lipinski definition) is 0. The van der Waals surface area contributed by atoms with E-state index in [1.165, 1.54) is 0 Å². The van der Waals surface area contributed by atoms with E-state index < -0.39 is 22.3 Å². The van der Waals surface area contributed by atoms with E-state index in [0.29, 0.717) is 30.1 Å². The number of nitrogens with zero attached hydrogens (tertiary/aromatic N) is 2. The Morgan fingerprint density at radius 1 is 1.21 bits per heavy atom. The molecule has 2 aliphatic carbocycles. The zero-order valence-corrected chi connectivity index (χ0v) is 19.8. The van der Waals surface area contributed by atoms with Crippen LogP contribution in [0, 0.1) is 34.5 Å². The first-order valence-electron chi connectivity index (χ1n) is 10.7. The van der Waals surface area contributed by atoms with Gasteiger partial charge in [0.25, 0.3) is 0 Å². The molecule has 2 saturated carbocycles. The lowest BCUT2D eigenvalue weighted by Gasteiger charge is -2.13. The molecule has 0 aromatic heterocycles. The Morgan fingerprint density at radius 2 is 1.91 bits per heavy atom. The number of nitriles is 1. The molecule has 2 aromatic rings. The maximum absolute atomic E-state index is 12.8. The van der Waals surface area contributed by atoms with Crippen LogP contribution in [-0.2, 0) is 14.4 Å². The zero-order valence-electron chi connectivity index (χ0n) is 18.3. The van der Waals surface area contributed by atoms with Gasteiger partial charge in [0.05, 0.1) is 5.92 Å². The van der Waals surface area contributed by atoms with E-state index in [9.17, 15) is 10.1 Å². The molecule has 4 atom stereocenters. The van der Waals surface area contributed by atoms with Gasteiger partial charge in [0, 0.05) is 23.6 Å². The van der Waals surface area contributed by atoms with Gasteiger partial charge in [0.15, 0.2) is 0 Å². The number of oxime groups is 1. The molecule has 33 heavy (non-hydrogen) atoms. The van der Waals surface area contributed by atoms with Gasteiger partial charge >= 0.3 is 5.97 Å². The van der Waals surface area contributed by atoms with Gasteiger partial charge in [-0.1, -0.05) is 49.3 Å². The van der Waals surface area contributed by atoms with Gasteiger partial charge in [-0.2, -0.15) is 5.26 Å². The SMILES string of the molecule is CC1(C)[C@H](C(=O)OC(C#N)c2cccc(Oc3ccccc3)c2)[C@@H]1C=NOCC1CC1(Cl)Cl. The second-order valence-corrected chi connectivity index (χ2v) is 10.5. The van der Waals surface area contributed by atoms with Gasteiger partial charge < -0.3 is 14.3 Å². The average molecular weight is 487 g/mol.